The molecule has 4 nitrogen and oxygen atoms in total. The summed E-state index contributed by atoms with van der Waals surface area (Å²) >= 11 is 3.52. The molecule has 0 aliphatic carbocycles. The number of hydrogen-bond donors (Lipinski definition) is 2. The number of hydrogen-bond acceptors (Lipinski definition) is 4. The van der Waals surface area contributed by atoms with Gasteiger partial charge in [-0.1, -0.05) is 22.9 Å². The average Bonchev–Trinajstić information content (AvgIpc) is 2.44. The number of ether oxygens (including phenoxy) is 2. The summed E-state index contributed by atoms with van der Waals surface area (Å²) in [5.74, 6) is 1.32. The summed E-state index contributed by atoms with van der Waals surface area (Å²) in [6.07, 6.45) is 1.00. The van der Waals surface area contributed by atoms with E-state index in [-0.39, 0.29) is 12.6 Å². The van der Waals surface area contributed by atoms with Crippen molar-refractivity contribution in [2.45, 2.75) is 32.4 Å². The quantitative estimate of drug-likeness (QED) is 0.806. The first kappa shape index (κ1) is 16.3. The molecule has 0 bridgehead atoms. The van der Waals surface area contributed by atoms with E-state index in [9.17, 15) is 5.11 Å². The van der Waals surface area contributed by atoms with Gasteiger partial charge in [-0.05, 0) is 31.0 Å². The lowest BCUT2D eigenvalue weighted by atomic mass is 10.1. The summed E-state index contributed by atoms with van der Waals surface area (Å²) in [5, 5.41) is 13.0. The van der Waals surface area contributed by atoms with Crippen LogP contribution < -0.4 is 14.8 Å². The minimum Gasteiger partial charge on any atom is -0.493 e. The van der Waals surface area contributed by atoms with Crippen molar-refractivity contribution in [1.82, 2.24) is 5.32 Å². The van der Waals surface area contributed by atoms with Gasteiger partial charge in [0.1, 0.15) is 0 Å². The van der Waals surface area contributed by atoms with Gasteiger partial charge in [0.2, 0.25) is 0 Å². The fraction of sp³-hybridized carbons (Fsp3) is 0.571. The number of nitrogens with one attached hydrogen (secondary N) is 1. The number of benzene rings is 1. The molecule has 0 heterocycles. The Morgan fingerprint density at radius 2 is 1.84 bits per heavy atom. The Bertz CT molecular complexity index is 412. The van der Waals surface area contributed by atoms with Gasteiger partial charge in [-0.3, -0.25) is 0 Å². The van der Waals surface area contributed by atoms with Crippen molar-refractivity contribution in [2.24, 2.45) is 0 Å². The molecule has 5 heteroatoms. The van der Waals surface area contributed by atoms with E-state index in [4.69, 9.17) is 9.47 Å². The van der Waals surface area contributed by atoms with Crippen LogP contribution >= 0.6 is 15.9 Å². The number of rotatable bonds is 7. The van der Waals surface area contributed by atoms with Crippen molar-refractivity contribution in [3.05, 3.63) is 22.2 Å². The Labute approximate surface area is 123 Å². The smallest absolute Gasteiger partial charge is 0.161 e. The highest BCUT2D eigenvalue weighted by Gasteiger charge is 2.18. The van der Waals surface area contributed by atoms with E-state index >= 15 is 0 Å². The van der Waals surface area contributed by atoms with Gasteiger partial charge in [0.15, 0.2) is 11.5 Å². The average molecular weight is 332 g/mol. The van der Waals surface area contributed by atoms with E-state index in [1.165, 1.54) is 0 Å². The number of aliphatic hydroxyl groups is 1. The molecule has 2 atom stereocenters. The first-order valence-electron chi connectivity index (χ1n) is 6.35. The van der Waals surface area contributed by atoms with Gasteiger partial charge in [0.05, 0.1) is 26.9 Å². The van der Waals surface area contributed by atoms with Crippen LogP contribution in [0.1, 0.15) is 31.9 Å². The third-order valence-corrected chi connectivity index (χ3v) is 3.85. The molecule has 1 rings (SSSR count). The monoisotopic (exact) mass is 331 g/mol. The summed E-state index contributed by atoms with van der Waals surface area (Å²) in [5.41, 5.74) is 0.959. The summed E-state index contributed by atoms with van der Waals surface area (Å²) < 4.78 is 11.4. The van der Waals surface area contributed by atoms with E-state index in [2.05, 4.69) is 35.1 Å². The molecule has 0 saturated heterocycles. The molecule has 0 amide bonds. The van der Waals surface area contributed by atoms with Crippen molar-refractivity contribution in [3.63, 3.8) is 0 Å². The number of methoxy groups -OCH3 is 2. The van der Waals surface area contributed by atoms with Crippen LogP contribution in [0.5, 0.6) is 11.5 Å². The topological polar surface area (TPSA) is 50.7 Å². The predicted molar refractivity (Wildman–Crippen MR) is 80.0 cm³/mol. The van der Waals surface area contributed by atoms with E-state index in [1.54, 1.807) is 14.2 Å². The SMILES string of the molecule is CCC(C)NC(CO)c1cc(OC)c(OC)cc1Br. The fourth-order valence-corrected chi connectivity index (χ4v) is 2.44. The predicted octanol–water partition coefficient (Wildman–Crippen LogP) is 2.89. The Morgan fingerprint density at radius 1 is 1.26 bits per heavy atom. The summed E-state index contributed by atoms with van der Waals surface area (Å²) in [7, 11) is 3.20. The van der Waals surface area contributed by atoms with Gasteiger partial charge < -0.3 is 19.9 Å². The zero-order chi connectivity index (χ0) is 14.4. The molecule has 0 aliphatic heterocycles. The van der Waals surface area contributed by atoms with Crippen molar-refractivity contribution >= 4 is 15.9 Å². The van der Waals surface area contributed by atoms with Crippen molar-refractivity contribution in [3.8, 4) is 11.5 Å². The molecule has 0 saturated carbocycles. The number of aliphatic hydroxyl groups excluding tert-OH is 1. The van der Waals surface area contributed by atoms with E-state index < -0.39 is 0 Å². The van der Waals surface area contributed by atoms with Gasteiger partial charge in [-0.2, -0.15) is 0 Å². The lowest BCUT2D eigenvalue weighted by Crippen LogP contribution is -2.32. The lowest BCUT2D eigenvalue weighted by molar-refractivity contribution is 0.233. The molecular weight excluding hydrogens is 310 g/mol. The van der Waals surface area contributed by atoms with Crippen molar-refractivity contribution < 1.29 is 14.6 Å². The van der Waals surface area contributed by atoms with Gasteiger partial charge >= 0.3 is 0 Å². The highest BCUT2D eigenvalue weighted by molar-refractivity contribution is 9.10. The Hall–Kier alpha value is -0.780. The molecule has 0 radical (unpaired) electrons. The van der Waals surface area contributed by atoms with E-state index in [1.807, 2.05) is 12.1 Å². The van der Waals surface area contributed by atoms with E-state index in [0.717, 1.165) is 16.5 Å². The highest BCUT2D eigenvalue weighted by atomic mass is 79.9. The molecule has 0 fully saturated rings. The third-order valence-electron chi connectivity index (χ3n) is 3.16. The molecular formula is C14H22BrNO3. The molecule has 2 N–H and O–H groups in total. The Morgan fingerprint density at radius 3 is 2.32 bits per heavy atom. The molecule has 1 aromatic rings. The maximum absolute atomic E-state index is 9.58. The second-order valence-corrected chi connectivity index (χ2v) is 5.29. The van der Waals surface area contributed by atoms with Crippen LogP contribution in [-0.2, 0) is 0 Å². The largest absolute Gasteiger partial charge is 0.493 e. The second kappa shape index (κ2) is 7.72. The standard InChI is InChI=1S/C14H22BrNO3/c1-5-9(2)16-12(8-17)10-6-13(18-3)14(19-4)7-11(10)15/h6-7,9,12,16-17H,5,8H2,1-4H3. The van der Waals surface area contributed by atoms with Gasteiger partial charge in [-0.15, -0.1) is 0 Å². The maximum atomic E-state index is 9.58. The number of halogens is 1. The lowest BCUT2D eigenvalue weighted by Gasteiger charge is -2.23. The van der Waals surface area contributed by atoms with Crippen LogP contribution in [0.15, 0.2) is 16.6 Å². The Balaban J connectivity index is 3.09. The van der Waals surface area contributed by atoms with Crippen molar-refractivity contribution in [2.75, 3.05) is 20.8 Å². The van der Waals surface area contributed by atoms with Gasteiger partial charge in [0, 0.05) is 10.5 Å². The van der Waals surface area contributed by atoms with Crippen molar-refractivity contribution in [1.29, 1.82) is 0 Å². The summed E-state index contributed by atoms with van der Waals surface area (Å²) in [6, 6.07) is 3.94. The molecule has 1 aromatic carbocycles. The second-order valence-electron chi connectivity index (χ2n) is 4.44. The third kappa shape index (κ3) is 4.09. The zero-order valence-corrected chi connectivity index (χ0v) is 13.5. The van der Waals surface area contributed by atoms with Crippen LogP contribution in [0.25, 0.3) is 0 Å². The van der Waals surface area contributed by atoms with Crippen LogP contribution in [0, 0.1) is 0 Å². The summed E-state index contributed by atoms with van der Waals surface area (Å²) in [6.45, 7) is 4.23. The minimum absolute atomic E-state index is 0.0262. The van der Waals surface area contributed by atoms with Crippen LogP contribution in [0.4, 0.5) is 0 Å². The van der Waals surface area contributed by atoms with Crippen LogP contribution in [0.2, 0.25) is 0 Å². The molecule has 0 spiro atoms. The molecule has 108 valence electrons. The minimum atomic E-state index is -0.135. The Kier molecular flexibility index (Phi) is 6.62. The first-order chi connectivity index (χ1) is 9.07. The zero-order valence-electron chi connectivity index (χ0n) is 11.9. The normalized spacial score (nSPS) is 14.0. The van der Waals surface area contributed by atoms with Crippen LogP contribution in [-0.4, -0.2) is 32.0 Å². The van der Waals surface area contributed by atoms with E-state index in [0.29, 0.717) is 17.5 Å². The molecule has 2 unspecified atom stereocenters. The van der Waals surface area contributed by atoms with Gasteiger partial charge in [-0.25, -0.2) is 0 Å². The highest BCUT2D eigenvalue weighted by Crippen LogP contribution is 2.36. The molecule has 0 aliphatic rings. The maximum Gasteiger partial charge on any atom is 0.161 e. The summed E-state index contributed by atoms with van der Waals surface area (Å²) in [4.78, 5) is 0. The molecule has 0 aromatic heterocycles. The molecule has 19 heavy (non-hydrogen) atoms. The fourth-order valence-electron chi connectivity index (χ4n) is 1.84. The first-order valence-corrected chi connectivity index (χ1v) is 7.14. The van der Waals surface area contributed by atoms with Gasteiger partial charge in [0.25, 0.3) is 0 Å². The van der Waals surface area contributed by atoms with Crippen LogP contribution in [0.3, 0.4) is 0 Å².